The molecule has 2 N–H and O–H groups in total. The number of benzene rings is 1. The van der Waals surface area contributed by atoms with Gasteiger partial charge >= 0.3 is 0 Å². The summed E-state index contributed by atoms with van der Waals surface area (Å²) in [5.41, 5.74) is 4.77. The number of hydrogen-bond donors (Lipinski definition) is 2. The van der Waals surface area contributed by atoms with Crippen LogP contribution >= 0.6 is 34.5 Å². The predicted molar refractivity (Wildman–Crippen MR) is 106 cm³/mol. The van der Waals surface area contributed by atoms with Crippen molar-refractivity contribution in [1.82, 2.24) is 10.5 Å². The summed E-state index contributed by atoms with van der Waals surface area (Å²) in [5, 5.41) is 6.23. The van der Waals surface area contributed by atoms with Crippen LogP contribution in [-0.4, -0.2) is 18.0 Å². The molecule has 1 heterocycles. The van der Waals surface area contributed by atoms with E-state index in [2.05, 4.69) is 21.9 Å². The lowest BCUT2D eigenvalue weighted by atomic mass is 9.88. The van der Waals surface area contributed by atoms with Crippen molar-refractivity contribution in [2.75, 3.05) is 12.4 Å². The number of halogens is 2. The molecular weight excluding hydrogens is 393 g/mol. The largest absolute Gasteiger partial charge is 0.301 e. The number of allylic oxidation sites excluding steroid dienone is 2. The van der Waals surface area contributed by atoms with Crippen molar-refractivity contribution in [3.05, 3.63) is 57.2 Å². The van der Waals surface area contributed by atoms with Crippen molar-refractivity contribution >= 4 is 45.6 Å². The second-order valence-corrected chi connectivity index (χ2v) is 7.79. The van der Waals surface area contributed by atoms with Gasteiger partial charge in [0.2, 0.25) is 5.91 Å². The lowest BCUT2D eigenvalue weighted by Gasteiger charge is -2.20. The second kappa shape index (κ2) is 8.86. The van der Waals surface area contributed by atoms with Gasteiger partial charge in [0.05, 0.1) is 23.1 Å². The Balaban J connectivity index is 1.81. The van der Waals surface area contributed by atoms with Gasteiger partial charge < -0.3 is 5.32 Å². The van der Waals surface area contributed by atoms with Gasteiger partial charge in [-0.15, -0.1) is 11.3 Å². The van der Waals surface area contributed by atoms with Gasteiger partial charge in [-0.2, -0.15) is 0 Å². The molecule has 5 nitrogen and oxygen atoms in total. The second-order valence-electron chi connectivity index (χ2n) is 6.09. The number of rotatable bonds is 7. The van der Waals surface area contributed by atoms with Crippen LogP contribution in [0.2, 0.25) is 10.0 Å². The summed E-state index contributed by atoms with van der Waals surface area (Å²) in [6.07, 6.45) is 6.33. The summed E-state index contributed by atoms with van der Waals surface area (Å²) in [6, 6.07) is 5.35. The van der Waals surface area contributed by atoms with Crippen LogP contribution in [0.25, 0.3) is 0 Å². The lowest BCUT2D eigenvalue weighted by Crippen LogP contribution is -2.23. The molecule has 26 heavy (non-hydrogen) atoms. The first-order chi connectivity index (χ1) is 12.6. The molecule has 8 heteroatoms. The Bertz CT molecular complexity index is 796. The first-order valence-electron chi connectivity index (χ1n) is 8.22. The number of thiazole rings is 1. The molecule has 1 aliphatic carbocycles. The zero-order chi connectivity index (χ0) is 18.5. The minimum absolute atomic E-state index is 0.0973. The summed E-state index contributed by atoms with van der Waals surface area (Å²) in [5.74, 6) is -0.175. The van der Waals surface area contributed by atoms with Gasteiger partial charge in [-0.25, -0.2) is 4.98 Å². The average molecular weight is 412 g/mol. The fourth-order valence-corrected chi connectivity index (χ4v) is 3.94. The smallest absolute Gasteiger partial charge is 0.233 e. The Morgan fingerprint density at radius 1 is 1.42 bits per heavy atom. The van der Waals surface area contributed by atoms with E-state index in [1.54, 1.807) is 25.4 Å². The maximum atomic E-state index is 12.9. The molecular formula is C18H19Cl2N3O2S. The van der Waals surface area contributed by atoms with Crippen LogP contribution < -0.4 is 10.8 Å². The van der Waals surface area contributed by atoms with Crippen molar-refractivity contribution in [3.8, 4) is 0 Å². The van der Waals surface area contributed by atoms with Gasteiger partial charge in [0.1, 0.15) is 0 Å². The number of nitrogens with zero attached hydrogens (tertiary/aromatic N) is 1. The van der Waals surface area contributed by atoms with Gasteiger partial charge in [-0.05, 0) is 42.9 Å². The number of aromatic nitrogens is 1. The monoisotopic (exact) mass is 411 g/mol. The van der Waals surface area contributed by atoms with Crippen molar-refractivity contribution in [3.63, 3.8) is 0 Å². The molecule has 0 spiro atoms. The predicted octanol–water partition coefficient (Wildman–Crippen LogP) is 5.01. The standard InChI is InChI=1S/C18H19Cl2N3O2S/c1-25-23-13-4-2-11(8-13)9-14(12-3-5-15(19)16(20)10-12)17(24)22-18-21-6-7-26-18/h3,5-8,10-11,14,23H,2,4,9H2,1H3,(H,21,22,24). The Labute approximate surface area is 166 Å². The molecule has 2 aromatic rings. The van der Waals surface area contributed by atoms with Gasteiger partial charge in [-0.3, -0.25) is 15.1 Å². The van der Waals surface area contributed by atoms with E-state index in [9.17, 15) is 4.79 Å². The van der Waals surface area contributed by atoms with E-state index in [1.165, 1.54) is 11.3 Å². The molecule has 3 rings (SSSR count). The highest BCUT2D eigenvalue weighted by molar-refractivity contribution is 7.13. The quantitative estimate of drug-likeness (QED) is 0.628. The molecule has 1 amide bonds. The van der Waals surface area contributed by atoms with Crippen LogP contribution in [0, 0.1) is 5.92 Å². The topological polar surface area (TPSA) is 63.2 Å². The molecule has 2 atom stereocenters. The van der Waals surface area contributed by atoms with E-state index >= 15 is 0 Å². The molecule has 0 radical (unpaired) electrons. The van der Waals surface area contributed by atoms with E-state index < -0.39 is 0 Å². The van der Waals surface area contributed by atoms with Gasteiger partial charge in [0.25, 0.3) is 0 Å². The summed E-state index contributed by atoms with van der Waals surface area (Å²) in [6.45, 7) is 0. The zero-order valence-electron chi connectivity index (χ0n) is 14.2. The normalized spacial score (nSPS) is 17.7. The first kappa shape index (κ1) is 19.2. The number of carbonyl (C=O) groups is 1. The molecule has 138 valence electrons. The van der Waals surface area contributed by atoms with Gasteiger partial charge in [-0.1, -0.05) is 35.3 Å². The highest BCUT2D eigenvalue weighted by atomic mass is 35.5. The zero-order valence-corrected chi connectivity index (χ0v) is 16.5. The first-order valence-corrected chi connectivity index (χ1v) is 9.85. The Morgan fingerprint density at radius 3 is 2.96 bits per heavy atom. The van der Waals surface area contributed by atoms with E-state index in [4.69, 9.17) is 28.0 Å². The SMILES string of the molecule is CONC1=CC(CC(C(=O)Nc2nccs2)c2ccc(Cl)c(Cl)c2)CC1. The van der Waals surface area contributed by atoms with E-state index in [0.717, 1.165) is 24.1 Å². The number of carbonyl (C=O) groups excluding carboxylic acids is 1. The third-order valence-electron chi connectivity index (χ3n) is 4.32. The minimum Gasteiger partial charge on any atom is -0.301 e. The highest BCUT2D eigenvalue weighted by Crippen LogP contribution is 2.35. The molecule has 0 bridgehead atoms. The van der Waals surface area contributed by atoms with Crippen molar-refractivity contribution in [2.45, 2.75) is 25.2 Å². The van der Waals surface area contributed by atoms with Crippen molar-refractivity contribution in [2.24, 2.45) is 5.92 Å². The van der Waals surface area contributed by atoms with E-state index in [1.807, 2.05) is 11.4 Å². The Kier molecular flexibility index (Phi) is 6.53. The maximum absolute atomic E-state index is 12.9. The molecule has 0 fully saturated rings. The fourth-order valence-electron chi connectivity index (χ4n) is 3.10. The van der Waals surface area contributed by atoms with Crippen LogP contribution in [0.3, 0.4) is 0 Å². The molecule has 2 unspecified atom stereocenters. The van der Waals surface area contributed by atoms with Crippen molar-refractivity contribution < 1.29 is 9.63 Å². The number of anilines is 1. The third-order valence-corrected chi connectivity index (χ3v) is 5.75. The van der Waals surface area contributed by atoms with Crippen molar-refractivity contribution in [1.29, 1.82) is 0 Å². The highest BCUT2D eigenvalue weighted by Gasteiger charge is 2.27. The van der Waals surface area contributed by atoms with Gasteiger partial charge in [0.15, 0.2) is 5.13 Å². The molecule has 1 aromatic carbocycles. The Hall–Kier alpha value is -1.60. The van der Waals surface area contributed by atoms with Crippen LogP contribution in [0.1, 0.15) is 30.7 Å². The van der Waals surface area contributed by atoms with E-state index in [0.29, 0.717) is 21.6 Å². The average Bonchev–Trinajstić information content (AvgIpc) is 3.27. The number of hydroxylamine groups is 1. The van der Waals surface area contributed by atoms with Crippen LogP contribution in [0.5, 0.6) is 0 Å². The summed E-state index contributed by atoms with van der Waals surface area (Å²) >= 11 is 13.6. The van der Waals surface area contributed by atoms with E-state index in [-0.39, 0.29) is 17.7 Å². The minimum atomic E-state index is -0.350. The number of hydrogen-bond acceptors (Lipinski definition) is 5. The van der Waals surface area contributed by atoms with Crippen LogP contribution in [0.4, 0.5) is 5.13 Å². The lowest BCUT2D eigenvalue weighted by molar-refractivity contribution is -0.117. The molecule has 0 aliphatic heterocycles. The maximum Gasteiger partial charge on any atom is 0.233 e. The number of amides is 1. The molecule has 1 aliphatic rings. The number of nitrogens with one attached hydrogen (secondary N) is 2. The van der Waals surface area contributed by atoms with Gasteiger partial charge in [0, 0.05) is 17.3 Å². The summed E-state index contributed by atoms with van der Waals surface area (Å²) in [7, 11) is 1.59. The fraction of sp³-hybridized carbons (Fsp3) is 0.333. The summed E-state index contributed by atoms with van der Waals surface area (Å²) in [4.78, 5) is 22.0. The molecule has 0 saturated carbocycles. The third kappa shape index (κ3) is 4.76. The molecule has 1 aromatic heterocycles. The van der Waals surface area contributed by atoms with Crippen LogP contribution in [-0.2, 0) is 9.63 Å². The van der Waals surface area contributed by atoms with Crippen LogP contribution in [0.15, 0.2) is 41.5 Å². The molecule has 0 saturated heterocycles. The Morgan fingerprint density at radius 2 is 2.27 bits per heavy atom. The summed E-state index contributed by atoms with van der Waals surface area (Å²) < 4.78 is 0.